The molecule has 1 aromatic rings. The number of aromatic nitrogens is 1. The van der Waals surface area contributed by atoms with Gasteiger partial charge in [0.15, 0.2) is 0 Å². The van der Waals surface area contributed by atoms with E-state index in [0.717, 1.165) is 24.1 Å². The fraction of sp³-hybridized carbons (Fsp3) is 0.545. The van der Waals surface area contributed by atoms with Crippen LogP contribution < -0.4 is 5.46 Å². The predicted molar refractivity (Wildman–Crippen MR) is 58.4 cm³/mol. The molecule has 1 aliphatic carbocycles. The molecule has 1 fully saturated rings. The van der Waals surface area contributed by atoms with Gasteiger partial charge in [-0.15, -0.1) is 0 Å². The molecular formula is C11H15BFN. The second-order valence-corrected chi connectivity index (χ2v) is 4.48. The van der Waals surface area contributed by atoms with E-state index in [1.165, 1.54) is 0 Å². The number of pyridine rings is 1. The van der Waals surface area contributed by atoms with Crippen LogP contribution in [0.4, 0.5) is 4.39 Å². The summed E-state index contributed by atoms with van der Waals surface area (Å²) in [6.07, 6.45) is 3.90. The predicted octanol–water partition coefficient (Wildman–Crippen LogP) is 1.48. The molecule has 3 heteroatoms. The standard InChI is InChI=1S/C11H15BFN/c1-6(2)11-9(7-3-4-7)10(13)8(12)5-14-11/h5-7H,3-4,12H2,1-2H3. The first-order chi connectivity index (χ1) is 6.61. The molecule has 0 N–H and O–H groups in total. The van der Waals surface area contributed by atoms with Gasteiger partial charge in [0.1, 0.15) is 13.7 Å². The highest BCUT2D eigenvalue weighted by molar-refractivity contribution is 6.32. The van der Waals surface area contributed by atoms with Crippen molar-refractivity contribution in [3.8, 4) is 0 Å². The van der Waals surface area contributed by atoms with Crippen molar-refractivity contribution in [2.75, 3.05) is 0 Å². The van der Waals surface area contributed by atoms with Gasteiger partial charge >= 0.3 is 0 Å². The van der Waals surface area contributed by atoms with Crippen LogP contribution in [0.15, 0.2) is 6.20 Å². The van der Waals surface area contributed by atoms with E-state index in [1.807, 2.05) is 0 Å². The van der Waals surface area contributed by atoms with Gasteiger partial charge in [0.2, 0.25) is 0 Å². The maximum absolute atomic E-state index is 13.9. The third-order valence-electron chi connectivity index (χ3n) is 2.79. The van der Waals surface area contributed by atoms with Gasteiger partial charge in [-0.3, -0.25) is 4.98 Å². The molecule has 0 radical (unpaired) electrons. The third kappa shape index (κ3) is 1.56. The first kappa shape index (κ1) is 9.69. The summed E-state index contributed by atoms with van der Waals surface area (Å²) in [4.78, 5) is 4.36. The fourth-order valence-corrected chi connectivity index (χ4v) is 1.84. The largest absolute Gasteiger partial charge is 0.261 e. The second kappa shape index (κ2) is 3.37. The SMILES string of the molecule is Bc1cnc(C(C)C)c(C2CC2)c1F. The molecule has 0 spiro atoms. The molecule has 2 rings (SSSR count). The second-order valence-electron chi connectivity index (χ2n) is 4.48. The summed E-state index contributed by atoms with van der Waals surface area (Å²) in [6, 6.07) is 0. The van der Waals surface area contributed by atoms with Crippen molar-refractivity contribution in [3.05, 3.63) is 23.3 Å². The Morgan fingerprint density at radius 2 is 2.14 bits per heavy atom. The first-order valence-electron chi connectivity index (χ1n) is 5.26. The van der Waals surface area contributed by atoms with Crippen molar-refractivity contribution in [3.63, 3.8) is 0 Å². The van der Waals surface area contributed by atoms with Crippen LogP contribution in [0.5, 0.6) is 0 Å². The van der Waals surface area contributed by atoms with E-state index in [0.29, 0.717) is 17.3 Å². The minimum absolute atomic E-state index is 0.0220. The third-order valence-corrected chi connectivity index (χ3v) is 2.79. The zero-order chi connectivity index (χ0) is 10.3. The van der Waals surface area contributed by atoms with Crippen LogP contribution in [0.3, 0.4) is 0 Å². The minimum Gasteiger partial charge on any atom is -0.261 e. The molecule has 14 heavy (non-hydrogen) atoms. The lowest BCUT2D eigenvalue weighted by atomic mass is 9.91. The highest BCUT2D eigenvalue weighted by Gasteiger charge is 2.31. The van der Waals surface area contributed by atoms with E-state index in [4.69, 9.17) is 0 Å². The van der Waals surface area contributed by atoms with Gasteiger partial charge in [-0.25, -0.2) is 4.39 Å². The maximum atomic E-state index is 13.9. The molecule has 0 unspecified atom stereocenters. The van der Waals surface area contributed by atoms with Gasteiger partial charge in [-0.2, -0.15) is 0 Å². The summed E-state index contributed by atoms with van der Waals surface area (Å²) >= 11 is 0. The van der Waals surface area contributed by atoms with Crippen molar-refractivity contribution in [2.24, 2.45) is 0 Å². The fourth-order valence-electron chi connectivity index (χ4n) is 1.84. The van der Waals surface area contributed by atoms with Gasteiger partial charge in [-0.1, -0.05) is 13.8 Å². The molecule has 1 nitrogen and oxygen atoms in total. The quantitative estimate of drug-likeness (QED) is 0.645. The Kier molecular flexibility index (Phi) is 2.34. The Hall–Kier alpha value is -0.855. The van der Waals surface area contributed by atoms with Gasteiger partial charge < -0.3 is 0 Å². The lowest BCUT2D eigenvalue weighted by molar-refractivity contribution is 0.606. The highest BCUT2D eigenvalue weighted by atomic mass is 19.1. The molecule has 0 bridgehead atoms. The van der Waals surface area contributed by atoms with Crippen LogP contribution in [0, 0.1) is 5.82 Å². The molecule has 1 aromatic heterocycles. The number of rotatable bonds is 2. The van der Waals surface area contributed by atoms with Crippen molar-refractivity contribution < 1.29 is 4.39 Å². The van der Waals surface area contributed by atoms with E-state index in [-0.39, 0.29) is 5.82 Å². The zero-order valence-corrected chi connectivity index (χ0v) is 8.97. The summed E-state index contributed by atoms with van der Waals surface area (Å²) in [6.45, 7) is 4.14. The van der Waals surface area contributed by atoms with Crippen LogP contribution in [-0.4, -0.2) is 12.8 Å². The summed E-state index contributed by atoms with van der Waals surface area (Å²) in [7, 11) is 1.79. The molecule has 0 saturated heterocycles. The smallest absolute Gasteiger partial charge is 0.145 e. The first-order valence-corrected chi connectivity index (χ1v) is 5.26. The number of hydrogen-bond acceptors (Lipinski definition) is 1. The van der Waals surface area contributed by atoms with E-state index in [1.54, 1.807) is 14.0 Å². The molecule has 0 amide bonds. The Bertz CT molecular complexity index is 359. The lowest BCUT2D eigenvalue weighted by Gasteiger charge is -2.13. The van der Waals surface area contributed by atoms with Gasteiger partial charge in [0, 0.05) is 17.5 Å². The molecule has 0 atom stereocenters. The normalized spacial score (nSPS) is 16.3. The average molecular weight is 191 g/mol. The van der Waals surface area contributed by atoms with Crippen LogP contribution in [0.1, 0.15) is 49.8 Å². The van der Waals surface area contributed by atoms with Crippen LogP contribution in [0.2, 0.25) is 0 Å². The van der Waals surface area contributed by atoms with E-state index in [9.17, 15) is 4.39 Å². The Morgan fingerprint density at radius 3 is 2.64 bits per heavy atom. The molecule has 1 saturated carbocycles. The molecule has 1 aliphatic rings. The van der Waals surface area contributed by atoms with Crippen molar-refractivity contribution in [1.82, 2.24) is 4.98 Å². The van der Waals surface area contributed by atoms with Crippen LogP contribution >= 0.6 is 0 Å². The van der Waals surface area contributed by atoms with Crippen LogP contribution in [-0.2, 0) is 0 Å². The average Bonchev–Trinajstić information content (AvgIpc) is 2.92. The van der Waals surface area contributed by atoms with Crippen molar-refractivity contribution in [1.29, 1.82) is 0 Å². The van der Waals surface area contributed by atoms with E-state index < -0.39 is 0 Å². The van der Waals surface area contributed by atoms with Gasteiger partial charge in [-0.05, 0) is 30.1 Å². The summed E-state index contributed by atoms with van der Waals surface area (Å²) < 4.78 is 13.9. The molecule has 0 aliphatic heterocycles. The molecular weight excluding hydrogens is 176 g/mol. The summed E-state index contributed by atoms with van der Waals surface area (Å²) in [5, 5.41) is 0. The highest BCUT2D eigenvalue weighted by Crippen LogP contribution is 2.43. The number of halogens is 1. The minimum atomic E-state index is -0.0220. The summed E-state index contributed by atoms with van der Waals surface area (Å²) in [5.41, 5.74) is 2.52. The van der Waals surface area contributed by atoms with Crippen molar-refractivity contribution >= 4 is 13.3 Å². The lowest BCUT2D eigenvalue weighted by Crippen LogP contribution is -2.16. The number of hydrogen-bond donors (Lipinski definition) is 0. The zero-order valence-electron chi connectivity index (χ0n) is 8.97. The Morgan fingerprint density at radius 1 is 1.50 bits per heavy atom. The number of nitrogens with zero attached hydrogens (tertiary/aromatic N) is 1. The Labute approximate surface area is 85.2 Å². The monoisotopic (exact) mass is 191 g/mol. The molecule has 1 heterocycles. The molecule has 0 aromatic carbocycles. The van der Waals surface area contributed by atoms with E-state index in [2.05, 4.69) is 18.8 Å². The van der Waals surface area contributed by atoms with Crippen LogP contribution in [0.25, 0.3) is 0 Å². The van der Waals surface area contributed by atoms with Gasteiger partial charge in [0.25, 0.3) is 0 Å². The van der Waals surface area contributed by atoms with Crippen molar-refractivity contribution in [2.45, 2.75) is 38.5 Å². The maximum Gasteiger partial charge on any atom is 0.145 e. The van der Waals surface area contributed by atoms with E-state index >= 15 is 0 Å². The summed E-state index contributed by atoms with van der Waals surface area (Å²) in [5.74, 6) is 0.742. The van der Waals surface area contributed by atoms with Gasteiger partial charge in [0.05, 0.1) is 0 Å². The Balaban J connectivity index is 2.54. The molecule has 74 valence electrons. The topological polar surface area (TPSA) is 12.9 Å².